The van der Waals surface area contributed by atoms with Gasteiger partial charge in [-0.25, -0.2) is 0 Å². The SMILES string of the molecule is NCCOCCNC(=O)c1ccc(O)cc1. The Balaban J connectivity index is 2.27. The Hall–Kier alpha value is -1.59. The minimum atomic E-state index is -0.184. The molecule has 0 fully saturated rings. The van der Waals surface area contributed by atoms with Crippen LogP contribution in [-0.2, 0) is 4.74 Å². The molecule has 5 heteroatoms. The number of phenols is 1. The molecule has 0 aliphatic carbocycles. The molecule has 0 saturated heterocycles. The molecule has 5 nitrogen and oxygen atoms in total. The van der Waals surface area contributed by atoms with Gasteiger partial charge in [-0.15, -0.1) is 0 Å². The van der Waals surface area contributed by atoms with E-state index in [0.29, 0.717) is 31.9 Å². The van der Waals surface area contributed by atoms with Gasteiger partial charge in [0.15, 0.2) is 0 Å². The lowest BCUT2D eigenvalue weighted by Crippen LogP contribution is -2.27. The third kappa shape index (κ3) is 4.29. The largest absolute Gasteiger partial charge is 0.508 e. The molecule has 0 bridgehead atoms. The monoisotopic (exact) mass is 224 g/mol. The van der Waals surface area contributed by atoms with Crippen molar-refractivity contribution < 1.29 is 14.6 Å². The minimum Gasteiger partial charge on any atom is -0.508 e. The van der Waals surface area contributed by atoms with Crippen LogP contribution in [0.25, 0.3) is 0 Å². The second-order valence-electron chi connectivity index (χ2n) is 3.20. The number of benzene rings is 1. The first-order valence-corrected chi connectivity index (χ1v) is 5.09. The van der Waals surface area contributed by atoms with Gasteiger partial charge in [0.25, 0.3) is 5.91 Å². The molecule has 88 valence electrons. The first-order chi connectivity index (χ1) is 7.74. The average Bonchev–Trinajstić information content (AvgIpc) is 2.29. The number of rotatable bonds is 6. The van der Waals surface area contributed by atoms with Gasteiger partial charge in [0.1, 0.15) is 5.75 Å². The summed E-state index contributed by atoms with van der Waals surface area (Å²) in [6, 6.07) is 6.07. The fourth-order valence-corrected chi connectivity index (χ4v) is 1.14. The Bertz CT molecular complexity index is 325. The van der Waals surface area contributed by atoms with E-state index in [1.54, 1.807) is 12.1 Å². The van der Waals surface area contributed by atoms with Crippen molar-refractivity contribution in [1.29, 1.82) is 0 Å². The van der Waals surface area contributed by atoms with E-state index in [-0.39, 0.29) is 11.7 Å². The van der Waals surface area contributed by atoms with Crippen LogP contribution in [-0.4, -0.2) is 37.3 Å². The molecular formula is C11H16N2O3. The predicted molar refractivity (Wildman–Crippen MR) is 60.3 cm³/mol. The molecule has 0 unspecified atom stereocenters. The number of hydrogen-bond donors (Lipinski definition) is 3. The van der Waals surface area contributed by atoms with Crippen molar-refractivity contribution >= 4 is 5.91 Å². The Morgan fingerprint density at radius 1 is 1.31 bits per heavy atom. The van der Waals surface area contributed by atoms with Gasteiger partial charge in [0, 0.05) is 18.7 Å². The Labute approximate surface area is 94.2 Å². The summed E-state index contributed by atoms with van der Waals surface area (Å²) in [6.45, 7) is 1.86. The van der Waals surface area contributed by atoms with Crippen molar-refractivity contribution in [2.45, 2.75) is 0 Å². The first kappa shape index (κ1) is 12.5. The first-order valence-electron chi connectivity index (χ1n) is 5.09. The standard InChI is InChI=1S/C11H16N2O3/c12-5-7-16-8-6-13-11(15)9-1-3-10(14)4-2-9/h1-4,14H,5-8,12H2,(H,13,15). The Morgan fingerprint density at radius 2 is 2.00 bits per heavy atom. The van der Waals surface area contributed by atoms with Crippen molar-refractivity contribution in [2.75, 3.05) is 26.3 Å². The van der Waals surface area contributed by atoms with Crippen molar-refractivity contribution in [2.24, 2.45) is 5.73 Å². The normalized spacial score (nSPS) is 10.1. The van der Waals surface area contributed by atoms with Gasteiger partial charge in [0.2, 0.25) is 0 Å². The molecule has 0 aromatic heterocycles. The molecule has 16 heavy (non-hydrogen) atoms. The van der Waals surface area contributed by atoms with Crippen LogP contribution >= 0.6 is 0 Å². The minimum absolute atomic E-state index is 0.142. The maximum absolute atomic E-state index is 11.5. The molecule has 0 aliphatic rings. The molecule has 1 rings (SSSR count). The molecule has 4 N–H and O–H groups in total. The molecular weight excluding hydrogens is 208 g/mol. The Kier molecular flexibility index (Phi) is 5.31. The van der Waals surface area contributed by atoms with Gasteiger partial charge in [-0.2, -0.15) is 0 Å². The summed E-state index contributed by atoms with van der Waals surface area (Å²) in [5.74, 6) is -0.0424. The highest BCUT2D eigenvalue weighted by molar-refractivity contribution is 5.94. The van der Waals surface area contributed by atoms with E-state index in [4.69, 9.17) is 15.6 Å². The van der Waals surface area contributed by atoms with Crippen molar-refractivity contribution in [3.05, 3.63) is 29.8 Å². The number of nitrogens with one attached hydrogen (secondary N) is 1. The molecule has 1 aromatic rings. The van der Waals surface area contributed by atoms with Gasteiger partial charge in [-0.3, -0.25) is 4.79 Å². The van der Waals surface area contributed by atoms with Crippen LogP contribution in [0.5, 0.6) is 5.75 Å². The summed E-state index contributed by atoms with van der Waals surface area (Å²) in [4.78, 5) is 11.5. The highest BCUT2D eigenvalue weighted by Crippen LogP contribution is 2.09. The number of carbonyl (C=O) groups excluding carboxylic acids is 1. The van der Waals surface area contributed by atoms with Crippen LogP contribution in [0.4, 0.5) is 0 Å². The van der Waals surface area contributed by atoms with Crippen molar-refractivity contribution in [3.63, 3.8) is 0 Å². The van der Waals surface area contributed by atoms with E-state index in [9.17, 15) is 4.79 Å². The summed E-state index contributed by atoms with van der Waals surface area (Å²) in [5, 5.41) is 11.7. The second kappa shape index (κ2) is 6.81. The molecule has 0 atom stereocenters. The topological polar surface area (TPSA) is 84.6 Å². The highest BCUT2D eigenvalue weighted by Gasteiger charge is 2.03. The van der Waals surface area contributed by atoms with Crippen LogP contribution in [0.2, 0.25) is 0 Å². The lowest BCUT2D eigenvalue weighted by Gasteiger charge is -2.05. The average molecular weight is 224 g/mol. The third-order valence-electron chi connectivity index (χ3n) is 1.92. The number of amides is 1. The fraction of sp³-hybridized carbons (Fsp3) is 0.364. The number of carbonyl (C=O) groups is 1. The van der Waals surface area contributed by atoms with E-state index >= 15 is 0 Å². The van der Waals surface area contributed by atoms with Gasteiger partial charge >= 0.3 is 0 Å². The number of ether oxygens (including phenoxy) is 1. The lowest BCUT2D eigenvalue weighted by molar-refractivity contribution is 0.0920. The predicted octanol–water partition coefficient (Wildman–Crippen LogP) is 0.0973. The van der Waals surface area contributed by atoms with Crippen molar-refractivity contribution in [1.82, 2.24) is 5.32 Å². The van der Waals surface area contributed by atoms with Gasteiger partial charge in [0.05, 0.1) is 13.2 Å². The maximum atomic E-state index is 11.5. The van der Waals surface area contributed by atoms with E-state index in [1.807, 2.05) is 0 Å². The molecule has 1 aromatic carbocycles. The van der Waals surface area contributed by atoms with Crippen LogP contribution in [0.3, 0.4) is 0 Å². The maximum Gasteiger partial charge on any atom is 0.251 e. The fourth-order valence-electron chi connectivity index (χ4n) is 1.14. The summed E-state index contributed by atoms with van der Waals surface area (Å²) in [7, 11) is 0. The van der Waals surface area contributed by atoms with E-state index in [0.717, 1.165) is 0 Å². The second-order valence-corrected chi connectivity index (χ2v) is 3.20. The van der Waals surface area contributed by atoms with Crippen LogP contribution in [0.15, 0.2) is 24.3 Å². The summed E-state index contributed by atoms with van der Waals surface area (Å²) >= 11 is 0. The number of phenolic OH excluding ortho intramolecular Hbond substituents is 1. The number of aromatic hydroxyl groups is 1. The lowest BCUT2D eigenvalue weighted by atomic mass is 10.2. The third-order valence-corrected chi connectivity index (χ3v) is 1.92. The number of hydrogen-bond acceptors (Lipinski definition) is 4. The molecule has 0 aliphatic heterocycles. The van der Waals surface area contributed by atoms with Crippen LogP contribution < -0.4 is 11.1 Å². The molecule has 1 amide bonds. The molecule has 0 spiro atoms. The zero-order valence-electron chi connectivity index (χ0n) is 8.98. The van der Waals surface area contributed by atoms with Gasteiger partial charge in [-0.1, -0.05) is 0 Å². The quantitative estimate of drug-likeness (QED) is 0.598. The molecule has 0 radical (unpaired) electrons. The van der Waals surface area contributed by atoms with E-state index in [1.165, 1.54) is 12.1 Å². The highest BCUT2D eigenvalue weighted by atomic mass is 16.5. The smallest absolute Gasteiger partial charge is 0.251 e. The number of nitrogens with two attached hydrogens (primary N) is 1. The van der Waals surface area contributed by atoms with Crippen LogP contribution in [0, 0.1) is 0 Å². The van der Waals surface area contributed by atoms with Crippen molar-refractivity contribution in [3.8, 4) is 5.75 Å². The summed E-state index contributed by atoms with van der Waals surface area (Å²) in [5.41, 5.74) is 5.75. The summed E-state index contributed by atoms with van der Waals surface area (Å²) in [6.07, 6.45) is 0. The zero-order chi connectivity index (χ0) is 11.8. The molecule has 0 heterocycles. The van der Waals surface area contributed by atoms with Crippen LogP contribution in [0.1, 0.15) is 10.4 Å². The van der Waals surface area contributed by atoms with Gasteiger partial charge < -0.3 is 20.9 Å². The zero-order valence-corrected chi connectivity index (χ0v) is 8.98. The van der Waals surface area contributed by atoms with E-state index in [2.05, 4.69) is 5.32 Å². The van der Waals surface area contributed by atoms with Gasteiger partial charge in [-0.05, 0) is 24.3 Å². The summed E-state index contributed by atoms with van der Waals surface area (Å²) < 4.78 is 5.11. The molecule has 0 saturated carbocycles. The van der Waals surface area contributed by atoms with E-state index < -0.39 is 0 Å². The Morgan fingerprint density at radius 3 is 2.62 bits per heavy atom.